The Morgan fingerprint density at radius 3 is 2.76 bits per heavy atom. The van der Waals surface area contributed by atoms with Gasteiger partial charge in [0.25, 0.3) is 0 Å². The first kappa shape index (κ1) is 10.4. The summed E-state index contributed by atoms with van der Waals surface area (Å²) in [5.41, 5.74) is 7.91. The number of nitrogens with two attached hydrogens (primary N) is 1. The first-order valence-corrected chi connectivity index (χ1v) is 6.18. The second kappa shape index (κ2) is 3.60. The largest absolute Gasteiger partial charge is 0.461 e. The molecule has 1 aromatic carbocycles. The Hall–Kier alpha value is -1.81. The van der Waals surface area contributed by atoms with Crippen LogP contribution in [0.25, 0.3) is 21.4 Å². The van der Waals surface area contributed by atoms with Gasteiger partial charge in [0.1, 0.15) is 17.2 Å². The molecule has 17 heavy (non-hydrogen) atoms. The Balaban J connectivity index is 2.20. The number of rotatable bonds is 1. The first-order valence-electron chi connectivity index (χ1n) is 5.37. The zero-order valence-corrected chi connectivity index (χ0v) is 10.5. The number of fused-ring (bicyclic) bond motifs is 1. The van der Waals surface area contributed by atoms with Crippen LogP contribution in [-0.4, -0.2) is 4.98 Å². The van der Waals surface area contributed by atoms with Gasteiger partial charge in [0, 0.05) is 5.39 Å². The molecule has 86 valence electrons. The van der Waals surface area contributed by atoms with Gasteiger partial charge in [-0.05, 0) is 43.7 Å². The highest BCUT2D eigenvalue weighted by Gasteiger charge is 2.10. The summed E-state index contributed by atoms with van der Waals surface area (Å²) in [5.74, 6) is 1.53. The van der Waals surface area contributed by atoms with Crippen LogP contribution < -0.4 is 5.73 Å². The van der Waals surface area contributed by atoms with E-state index in [2.05, 4.69) is 11.1 Å². The van der Waals surface area contributed by atoms with Crippen molar-refractivity contribution in [2.24, 2.45) is 0 Å². The third-order valence-corrected chi connectivity index (χ3v) is 3.70. The van der Waals surface area contributed by atoms with Crippen LogP contribution in [0.4, 0.5) is 5.82 Å². The van der Waals surface area contributed by atoms with Crippen molar-refractivity contribution in [3.63, 3.8) is 0 Å². The summed E-state index contributed by atoms with van der Waals surface area (Å²) in [5, 5.41) is 2.09. The van der Waals surface area contributed by atoms with Gasteiger partial charge in [-0.1, -0.05) is 0 Å². The molecule has 4 heteroatoms. The molecule has 0 aliphatic rings. The van der Waals surface area contributed by atoms with Gasteiger partial charge >= 0.3 is 0 Å². The average Bonchev–Trinajstić information content (AvgIpc) is 2.78. The molecule has 0 amide bonds. The smallest absolute Gasteiger partial charge is 0.142 e. The summed E-state index contributed by atoms with van der Waals surface area (Å²) in [4.78, 5) is 5.28. The molecule has 3 aromatic rings. The summed E-state index contributed by atoms with van der Waals surface area (Å²) in [7, 11) is 0. The fraction of sp³-hybridized carbons (Fsp3) is 0.154. The minimum Gasteiger partial charge on any atom is -0.461 e. The number of furan rings is 1. The summed E-state index contributed by atoms with van der Waals surface area (Å²) in [6, 6.07) is 8.12. The Labute approximate surface area is 103 Å². The summed E-state index contributed by atoms with van der Waals surface area (Å²) < 4.78 is 5.55. The Morgan fingerprint density at radius 2 is 2.06 bits per heavy atom. The highest BCUT2D eigenvalue weighted by Crippen LogP contribution is 2.34. The van der Waals surface area contributed by atoms with Crippen molar-refractivity contribution in [2.75, 3.05) is 5.73 Å². The molecule has 0 unspecified atom stereocenters. The van der Waals surface area contributed by atoms with Gasteiger partial charge in [-0.3, -0.25) is 0 Å². The zero-order chi connectivity index (χ0) is 12.0. The van der Waals surface area contributed by atoms with Gasteiger partial charge in [-0.15, -0.1) is 11.3 Å². The van der Waals surface area contributed by atoms with Crippen LogP contribution in [0.5, 0.6) is 0 Å². The number of hydrogen-bond acceptors (Lipinski definition) is 4. The van der Waals surface area contributed by atoms with E-state index < -0.39 is 0 Å². The van der Waals surface area contributed by atoms with E-state index in [1.54, 1.807) is 11.3 Å². The molecule has 0 saturated carbocycles. The fourth-order valence-electron chi connectivity index (χ4n) is 1.97. The molecular weight excluding hydrogens is 232 g/mol. The summed E-state index contributed by atoms with van der Waals surface area (Å²) in [6.07, 6.45) is 0. The quantitative estimate of drug-likeness (QED) is 0.709. The highest BCUT2D eigenvalue weighted by atomic mass is 32.1. The van der Waals surface area contributed by atoms with Crippen LogP contribution in [0.2, 0.25) is 0 Å². The van der Waals surface area contributed by atoms with E-state index in [0.717, 1.165) is 32.2 Å². The van der Waals surface area contributed by atoms with Crippen molar-refractivity contribution in [1.29, 1.82) is 0 Å². The number of benzene rings is 1. The van der Waals surface area contributed by atoms with Crippen molar-refractivity contribution in [3.8, 4) is 10.4 Å². The first-order chi connectivity index (χ1) is 8.13. The van der Waals surface area contributed by atoms with Crippen molar-refractivity contribution in [1.82, 2.24) is 4.98 Å². The number of nitrogens with zero attached hydrogens (tertiary/aromatic N) is 1. The van der Waals surface area contributed by atoms with Gasteiger partial charge in [0.2, 0.25) is 0 Å². The van der Waals surface area contributed by atoms with Gasteiger partial charge in [0.15, 0.2) is 0 Å². The topological polar surface area (TPSA) is 52.0 Å². The highest BCUT2D eigenvalue weighted by molar-refractivity contribution is 7.15. The maximum Gasteiger partial charge on any atom is 0.142 e. The number of hydrogen-bond donors (Lipinski definition) is 1. The van der Waals surface area contributed by atoms with Crippen LogP contribution in [0.1, 0.15) is 10.8 Å². The lowest BCUT2D eigenvalue weighted by atomic mass is 10.1. The SMILES string of the molecule is Cc1cc2cc(-c3sc(C)nc3N)ccc2o1. The van der Waals surface area contributed by atoms with Crippen LogP contribution >= 0.6 is 11.3 Å². The van der Waals surface area contributed by atoms with Crippen molar-refractivity contribution < 1.29 is 4.42 Å². The van der Waals surface area contributed by atoms with E-state index in [0.29, 0.717) is 5.82 Å². The van der Waals surface area contributed by atoms with Crippen LogP contribution in [0.15, 0.2) is 28.7 Å². The molecule has 2 N–H and O–H groups in total. The third kappa shape index (κ3) is 1.70. The second-order valence-electron chi connectivity index (χ2n) is 4.06. The number of aryl methyl sites for hydroxylation is 2. The van der Waals surface area contributed by atoms with E-state index in [4.69, 9.17) is 10.2 Å². The molecule has 0 saturated heterocycles. The number of nitrogen functional groups attached to an aromatic ring is 1. The summed E-state index contributed by atoms with van der Waals surface area (Å²) in [6.45, 7) is 3.91. The average molecular weight is 244 g/mol. The van der Waals surface area contributed by atoms with Crippen molar-refractivity contribution in [3.05, 3.63) is 35.0 Å². The van der Waals surface area contributed by atoms with Crippen LogP contribution in [-0.2, 0) is 0 Å². The molecule has 0 bridgehead atoms. The second-order valence-corrected chi connectivity index (χ2v) is 5.26. The monoisotopic (exact) mass is 244 g/mol. The molecular formula is C13H12N2OS. The van der Waals surface area contributed by atoms with E-state index in [1.807, 2.05) is 32.0 Å². The van der Waals surface area contributed by atoms with Gasteiger partial charge < -0.3 is 10.2 Å². The van der Waals surface area contributed by atoms with Gasteiger partial charge in [-0.25, -0.2) is 4.98 Å². The van der Waals surface area contributed by atoms with Crippen LogP contribution in [0.3, 0.4) is 0 Å². The lowest BCUT2D eigenvalue weighted by molar-refractivity contribution is 0.578. The minimum absolute atomic E-state index is 0.604. The maximum atomic E-state index is 5.90. The Bertz CT molecular complexity index is 697. The normalized spacial score (nSPS) is 11.2. The van der Waals surface area contributed by atoms with Crippen molar-refractivity contribution >= 4 is 28.1 Å². The Morgan fingerprint density at radius 1 is 1.24 bits per heavy atom. The molecule has 0 radical (unpaired) electrons. The number of thiazole rings is 1. The summed E-state index contributed by atoms with van der Waals surface area (Å²) >= 11 is 1.62. The van der Waals surface area contributed by atoms with Crippen molar-refractivity contribution in [2.45, 2.75) is 13.8 Å². The molecule has 2 heterocycles. The zero-order valence-electron chi connectivity index (χ0n) is 9.65. The minimum atomic E-state index is 0.604. The van der Waals surface area contributed by atoms with Gasteiger partial charge in [0.05, 0.1) is 9.88 Å². The standard InChI is InChI=1S/C13H12N2OS/c1-7-5-10-6-9(3-4-11(10)16-7)12-13(14)15-8(2)17-12/h3-6H,14H2,1-2H3. The van der Waals surface area contributed by atoms with E-state index >= 15 is 0 Å². The van der Waals surface area contributed by atoms with E-state index in [1.165, 1.54) is 0 Å². The lowest BCUT2D eigenvalue weighted by Crippen LogP contribution is -1.86. The Kier molecular flexibility index (Phi) is 2.19. The van der Waals surface area contributed by atoms with E-state index in [-0.39, 0.29) is 0 Å². The molecule has 0 fully saturated rings. The number of anilines is 1. The predicted octanol–water partition coefficient (Wildman–Crippen LogP) is 3.76. The molecule has 0 aliphatic carbocycles. The number of aromatic nitrogens is 1. The fourth-order valence-corrected chi connectivity index (χ4v) is 2.80. The molecule has 2 aromatic heterocycles. The molecule has 0 spiro atoms. The molecule has 3 rings (SSSR count). The lowest BCUT2D eigenvalue weighted by Gasteiger charge is -1.98. The third-order valence-electron chi connectivity index (χ3n) is 2.66. The van der Waals surface area contributed by atoms with Gasteiger partial charge in [-0.2, -0.15) is 0 Å². The predicted molar refractivity (Wildman–Crippen MR) is 71.2 cm³/mol. The van der Waals surface area contributed by atoms with Crippen LogP contribution in [0, 0.1) is 13.8 Å². The molecule has 3 nitrogen and oxygen atoms in total. The molecule has 0 atom stereocenters. The molecule has 0 aliphatic heterocycles. The van der Waals surface area contributed by atoms with E-state index in [9.17, 15) is 0 Å². The maximum absolute atomic E-state index is 5.90.